The van der Waals surface area contributed by atoms with E-state index in [0.29, 0.717) is 12.3 Å². The quantitative estimate of drug-likeness (QED) is 0.726. The molecule has 2 aliphatic carbocycles. The highest BCUT2D eigenvalue weighted by atomic mass is 16.4. The van der Waals surface area contributed by atoms with E-state index < -0.39 is 5.97 Å². The molecular formula is C13H16O3. The fraction of sp³-hybridized carbons (Fsp3) is 0.538. The molecule has 3 nitrogen and oxygen atoms in total. The van der Waals surface area contributed by atoms with Gasteiger partial charge in [0, 0.05) is 17.9 Å². The fourth-order valence-corrected chi connectivity index (χ4v) is 2.90. The second-order valence-electron chi connectivity index (χ2n) is 4.86. The predicted octanol–water partition coefficient (Wildman–Crippen LogP) is 2.19. The highest BCUT2D eigenvalue weighted by Gasteiger charge is 2.39. The van der Waals surface area contributed by atoms with Gasteiger partial charge >= 0.3 is 5.97 Å². The number of aliphatic carboxylic acids is 1. The van der Waals surface area contributed by atoms with Crippen molar-refractivity contribution in [2.45, 2.75) is 26.2 Å². The number of rotatable bonds is 2. The van der Waals surface area contributed by atoms with E-state index in [1.807, 2.05) is 0 Å². The van der Waals surface area contributed by atoms with Crippen molar-refractivity contribution >= 4 is 11.8 Å². The van der Waals surface area contributed by atoms with Crippen LogP contribution in [-0.4, -0.2) is 16.9 Å². The van der Waals surface area contributed by atoms with Gasteiger partial charge in [0.25, 0.3) is 0 Å². The Bertz CT molecular complexity index is 392. The smallest absolute Gasteiger partial charge is 0.331 e. The molecule has 3 heteroatoms. The van der Waals surface area contributed by atoms with Crippen LogP contribution in [0.4, 0.5) is 0 Å². The first-order valence-electron chi connectivity index (χ1n) is 5.67. The second kappa shape index (κ2) is 3.89. The molecule has 1 fully saturated rings. The van der Waals surface area contributed by atoms with E-state index in [1.165, 1.54) is 0 Å². The Morgan fingerprint density at radius 1 is 1.50 bits per heavy atom. The molecule has 0 aliphatic heterocycles. The molecule has 0 aromatic carbocycles. The molecule has 0 heterocycles. The van der Waals surface area contributed by atoms with Crippen molar-refractivity contribution < 1.29 is 14.7 Å². The molecule has 1 saturated carbocycles. The lowest BCUT2D eigenvalue weighted by atomic mass is 9.70. The molecular weight excluding hydrogens is 204 g/mol. The minimum absolute atomic E-state index is 0.120. The average Bonchev–Trinajstić information content (AvgIpc) is 2.60. The van der Waals surface area contributed by atoms with E-state index >= 15 is 0 Å². The Morgan fingerprint density at radius 2 is 2.19 bits per heavy atom. The van der Waals surface area contributed by atoms with Crippen LogP contribution in [0.2, 0.25) is 0 Å². The molecule has 0 aromatic heterocycles. The van der Waals surface area contributed by atoms with Gasteiger partial charge in [0.1, 0.15) is 0 Å². The number of carboxylic acid groups (broad SMARTS) is 1. The van der Waals surface area contributed by atoms with Crippen LogP contribution in [0.15, 0.2) is 23.8 Å². The van der Waals surface area contributed by atoms with E-state index in [4.69, 9.17) is 5.11 Å². The van der Waals surface area contributed by atoms with Crippen LogP contribution in [0.3, 0.4) is 0 Å². The number of hydrogen-bond donors (Lipinski definition) is 1. The number of allylic oxidation sites excluding steroid dienone is 2. The first kappa shape index (κ1) is 11.1. The van der Waals surface area contributed by atoms with E-state index in [2.05, 4.69) is 13.5 Å². The molecule has 0 radical (unpaired) electrons. The Hall–Kier alpha value is -1.38. The van der Waals surface area contributed by atoms with Crippen molar-refractivity contribution in [1.82, 2.24) is 0 Å². The van der Waals surface area contributed by atoms with Gasteiger partial charge in [-0.15, -0.1) is 0 Å². The minimum Gasteiger partial charge on any atom is -0.478 e. The Morgan fingerprint density at radius 3 is 2.81 bits per heavy atom. The second-order valence-corrected chi connectivity index (χ2v) is 4.86. The predicted molar refractivity (Wildman–Crippen MR) is 59.9 cm³/mol. The minimum atomic E-state index is -0.946. The average molecular weight is 220 g/mol. The Kier molecular flexibility index (Phi) is 2.70. The number of hydrogen-bond acceptors (Lipinski definition) is 2. The molecule has 0 unspecified atom stereocenters. The third-order valence-electron chi connectivity index (χ3n) is 3.87. The van der Waals surface area contributed by atoms with Gasteiger partial charge in [-0.2, -0.15) is 0 Å². The van der Waals surface area contributed by atoms with Crippen LogP contribution in [0, 0.1) is 17.8 Å². The van der Waals surface area contributed by atoms with Gasteiger partial charge in [-0.3, -0.25) is 4.79 Å². The summed E-state index contributed by atoms with van der Waals surface area (Å²) in [4.78, 5) is 22.4. The number of carboxylic acids is 1. The summed E-state index contributed by atoms with van der Waals surface area (Å²) < 4.78 is 0. The normalized spacial score (nSPS) is 33.2. The molecule has 1 N–H and O–H groups in total. The molecule has 3 atom stereocenters. The SMILES string of the molecule is C=C(C(=O)O)[C@@H]1CC[C@@H](C)[C@@H]2CC(=O)C=C12. The maximum absolute atomic E-state index is 11.4. The summed E-state index contributed by atoms with van der Waals surface area (Å²) in [6.07, 6.45) is 3.99. The van der Waals surface area contributed by atoms with E-state index in [9.17, 15) is 9.59 Å². The number of ketones is 1. The molecule has 2 rings (SSSR count). The number of carbonyl (C=O) groups excluding carboxylic acids is 1. The zero-order valence-electron chi connectivity index (χ0n) is 9.40. The van der Waals surface area contributed by atoms with Crippen molar-refractivity contribution in [3.63, 3.8) is 0 Å². The zero-order valence-corrected chi connectivity index (χ0v) is 9.40. The van der Waals surface area contributed by atoms with Crippen LogP contribution < -0.4 is 0 Å². The number of fused-ring (bicyclic) bond motifs is 1. The molecule has 0 aromatic rings. The lowest BCUT2D eigenvalue weighted by Gasteiger charge is -2.34. The maximum atomic E-state index is 11.4. The fourth-order valence-electron chi connectivity index (χ4n) is 2.90. The van der Waals surface area contributed by atoms with E-state index in [1.54, 1.807) is 6.08 Å². The highest BCUT2D eigenvalue weighted by Crippen LogP contribution is 2.45. The standard InChI is InChI=1S/C13H16O3/c1-7-3-4-10(8(2)13(15)16)12-6-9(14)5-11(7)12/h6-7,10-11H,2-5H2,1H3,(H,15,16)/t7-,10+,11+/m1/s1. The maximum Gasteiger partial charge on any atom is 0.331 e. The van der Waals surface area contributed by atoms with Crippen molar-refractivity contribution in [3.05, 3.63) is 23.8 Å². The molecule has 0 bridgehead atoms. The topological polar surface area (TPSA) is 54.4 Å². The molecule has 0 spiro atoms. The van der Waals surface area contributed by atoms with Crippen LogP contribution in [0.1, 0.15) is 26.2 Å². The summed E-state index contributed by atoms with van der Waals surface area (Å²) in [5.41, 5.74) is 1.24. The van der Waals surface area contributed by atoms with Gasteiger partial charge < -0.3 is 5.11 Å². The van der Waals surface area contributed by atoms with Crippen molar-refractivity contribution in [3.8, 4) is 0 Å². The summed E-state index contributed by atoms with van der Waals surface area (Å²) in [6.45, 7) is 5.77. The summed E-state index contributed by atoms with van der Waals surface area (Å²) in [5, 5.41) is 8.97. The third kappa shape index (κ3) is 1.70. The molecule has 16 heavy (non-hydrogen) atoms. The summed E-state index contributed by atoms with van der Waals surface area (Å²) >= 11 is 0. The molecule has 86 valence electrons. The van der Waals surface area contributed by atoms with E-state index in [0.717, 1.165) is 18.4 Å². The van der Waals surface area contributed by atoms with E-state index in [-0.39, 0.29) is 23.2 Å². The summed E-state index contributed by atoms with van der Waals surface area (Å²) in [6, 6.07) is 0. The van der Waals surface area contributed by atoms with Gasteiger partial charge in [0.15, 0.2) is 5.78 Å². The van der Waals surface area contributed by atoms with Gasteiger partial charge in [0.05, 0.1) is 0 Å². The summed E-state index contributed by atoms with van der Waals surface area (Å²) in [5.74, 6) is -0.196. The van der Waals surface area contributed by atoms with Gasteiger partial charge in [0.2, 0.25) is 0 Å². The van der Waals surface area contributed by atoms with Crippen LogP contribution in [-0.2, 0) is 9.59 Å². The number of carbonyl (C=O) groups is 2. The molecule has 2 aliphatic rings. The molecule has 0 amide bonds. The summed E-state index contributed by atoms with van der Waals surface area (Å²) in [7, 11) is 0. The largest absolute Gasteiger partial charge is 0.478 e. The van der Waals surface area contributed by atoms with Crippen molar-refractivity contribution in [2.75, 3.05) is 0 Å². The van der Waals surface area contributed by atoms with Crippen molar-refractivity contribution in [2.24, 2.45) is 17.8 Å². The first-order valence-corrected chi connectivity index (χ1v) is 5.67. The monoisotopic (exact) mass is 220 g/mol. The zero-order chi connectivity index (χ0) is 11.9. The molecule has 0 saturated heterocycles. The third-order valence-corrected chi connectivity index (χ3v) is 3.87. The van der Waals surface area contributed by atoms with Gasteiger partial charge in [-0.05, 0) is 30.8 Å². The lowest BCUT2D eigenvalue weighted by Crippen LogP contribution is -2.27. The van der Waals surface area contributed by atoms with Crippen LogP contribution in [0.25, 0.3) is 0 Å². The van der Waals surface area contributed by atoms with Crippen LogP contribution in [0.5, 0.6) is 0 Å². The highest BCUT2D eigenvalue weighted by molar-refractivity contribution is 5.95. The first-order chi connectivity index (χ1) is 7.50. The Balaban J connectivity index is 2.28. The van der Waals surface area contributed by atoms with Crippen molar-refractivity contribution in [1.29, 1.82) is 0 Å². The van der Waals surface area contributed by atoms with Gasteiger partial charge in [-0.25, -0.2) is 4.79 Å². The van der Waals surface area contributed by atoms with Crippen LogP contribution >= 0.6 is 0 Å². The lowest BCUT2D eigenvalue weighted by molar-refractivity contribution is -0.133. The Labute approximate surface area is 94.8 Å². The van der Waals surface area contributed by atoms with Gasteiger partial charge in [-0.1, -0.05) is 19.1 Å².